The monoisotopic (exact) mass is 226 g/mol. The Morgan fingerprint density at radius 1 is 1.38 bits per heavy atom. The lowest BCUT2D eigenvalue weighted by atomic mass is 9.84. The standard InChI is InChI=1S/C11H18N2O3/c1-5(10(12)14)13-9-7-3-2-6(4-7)8(9)11(15)16/h5-9,13H,2-4H2,1H3,(H2,12,14)(H,15,16). The Balaban J connectivity index is 2.07. The van der Waals surface area contributed by atoms with Crippen molar-refractivity contribution in [2.45, 2.75) is 38.3 Å². The van der Waals surface area contributed by atoms with Crippen LogP contribution >= 0.6 is 0 Å². The van der Waals surface area contributed by atoms with E-state index < -0.39 is 17.9 Å². The average molecular weight is 226 g/mol. The van der Waals surface area contributed by atoms with Crippen LogP contribution in [0.1, 0.15) is 26.2 Å². The second-order valence-corrected chi connectivity index (χ2v) is 5.01. The smallest absolute Gasteiger partial charge is 0.308 e. The van der Waals surface area contributed by atoms with Crippen molar-refractivity contribution in [1.29, 1.82) is 0 Å². The average Bonchev–Trinajstić information content (AvgIpc) is 2.76. The fourth-order valence-corrected chi connectivity index (χ4v) is 3.26. The van der Waals surface area contributed by atoms with Gasteiger partial charge in [-0.3, -0.25) is 9.59 Å². The zero-order chi connectivity index (χ0) is 11.9. The molecule has 2 rings (SSSR count). The van der Waals surface area contributed by atoms with Gasteiger partial charge in [0.1, 0.15) is 0 Å². The highest BCUT2D eigenvalue weighted by Crippen LogP contribution is 2.48. The van der Waals surface area contributed by atoms with E-state index >= 15 is 0 Å². The van der Waals surface area contributed by atoms with E-state index in [1.807, 2.05) is 0 Å². The lowest BCUT2D eigenvalue weighted by molar-refractivity contribution is -0.144. The number of rotatable bonds is 4. The topological polar surface area (TPSA) is 92.4 Å². The minimum absolute atomic E-state index is 0.0845. The normalized spacial score (nSPS) is 38.6. The Bertz CT molecular complexity index is 318. The molecule has 16 heavy (non-hydrogen) atoms. The molecule has 0 heterocycles. The highest BCUT2D eigenvalue weighted by Gasteiger charge is 2.51. The quantitative estimate of drug-likeness (QED) is 0.626. The molecular formula is C11H18N2O3. The zero-order valence-electron chi connectivity index (χ0n) is 9.35. The Kier molecular flexibility index (Phi) is 2.88. The molecule has 2 fully saturated rings. The number of hydrogen-bond donors (Lipinski definition) is 3. The van der Waals surface area contributed by atoms with Gasteiger partial charge in [0.05, 0.1) is 12.0 Å². The van der Waals surface area contributed by atoms with Crippen LogP contribution in [0.4, 0.5) is 0 Å². The Morgan fingerprint density at radius 2 is 2.00 bits per heavy atom. The van der Waals surface area contributed by atoms with Gasteiger partial charge in [0, 0.05) is 6.04 Å². The molecule has 5 nitrogen and oxygen atoms in total. The van der Waals surface area contributed by atoms with Crippen LogP contribution in [0, 0.1) is 17.8 Å². The third-order valence-corrected chi connectivity index (χ3v) is 4.07. The van der Waals surface area contributed by atoms with Gasteiger partial charge in [-0.2, -0.15) is 0 Å². The zero-order valence-corrected chi connectivity index (χ0v) is 9.35. The summed E-state index contributed by atoms with van der Waals surface area (Å²) in [5.41, 5.74) is 5.18. The molecular weight excluding hydrogens is 208 g/mol. The number of fused-ring (bicyclic) bond motifs is 2. The third kappa shape index (κ3) is 1.80. The van der Waals surface area contributed by atoms with Crippen LogP contribution in [0.2, 0.25) is 0 Å². The molecule has 2 aliphatic rings. The van der Waals surface area contributed by atoms with Gasteiger partial charge in [-0.1, -0.05) is 0 Å². The van der Waals surface area contributed by atoms with Gasteiger partial charge in [0.2, 0.25) is 5.91 Å². The minimum Gasteiger partial charge on any atom is -0.481 e. The molecule has 0 aromatic rings. The molecule has 0 spiro atoms. The number of nitrogens with one attached hydrogen (secondary N) is 1. The lowest BCUT2D eigenvalue weighted by Gasteiger charge is -2.30. The fraction of sp³-hybridized carbons (Fsp3) is 0.818. The van der Waals surface area contributed by atoms with Crippen molar-refractivity contribution in [1.82, 2.24) is 5.32 Å². The summed E-state index contributed by atoms with van der Waals surface area (Å²) >= 11 is 0. The number of carbonyl (C=O) groups is 2. The van der Waals surface area contributed by atoms with Crippen LogP contribution in [0.3, 0.4) is 0 Å². The van der Waals surface area contributed by atoms with Crippen LogP contribution in [-0.2, 0) is 9.59 Å². The van der Waals surface area contributed by atoms with E-state index in [9.17, 15) is 14.7 Å². The number of hydrogen-bond acceptors (Lipinski definition) is 3. The van der Waals surface area contributed by atoms with Gasteiger partial charge in [-0.15, -0.1) is 0 Å². The molecule has 1 amide bonds. The Labute approximate surface area is 94.4 Å². The number of nitrogens with two attached hydrogens (primary N) is 1. The summed E-state index contributed by atoms with van der Waals surface area (Å²) in [6.07, 6.45) is 3.04. The van der Waals surface area contributed by atoms with E-state index in [2.05, 4.69) is 5.32 Å². The number of aliphatic carboxylic acids is 1. The Hall–Kier alpha value is -1.10. The third-order valence-electron chi connectivity index (χ3n) is 4.07. The molecule has 0 saturated heterocycles. The number of carboxylic acids is 1. The van der Waals surface area contributed by atoms with Crippen molar-refractivity contribution in [3.63, 3.8) is 0 Å². The highest BCUT2D eigenvalue weighted by atomic mass is 16.4. The first-order chi connectivity index (χ1) is 7.50. The lowest BCUT2D eigenvalue weighted by Crippen LogP contribution is -2.51. The van der Waals surface area contributed by atoms with Gasteiger partial charge in [-0.25, -0.2) is 0 Å². The van der Waals surface area contributed by atoms with Crippen molar-refractivity contribution in [3.05, 3.63) is 0 Å². The van der Waals surface area contributed by atoms with Gasteiger partial charge in [0.15, 0.2) is 0 Å². The first-order valence-electron chi connectivity index (χ1n) is 5.79. The van der Waals surface area contributed by atoms with Crippen molar-refractivity contribution in [2.24, 2.45) is 23.5 Å². The van der Waals surface area contributed by atoms with E-state index in [1.165, 1.54) is 0 Å². The predicted octanol–water partition coefficient (Wildman–Crippen LogP) is -0.0509. The van der Waals surface area contributed by atoms with Gasteiger partial charge < -0.3 is 16.2 Å². The summed E-state index contributed by atoms with van der Waals surface area (Å²) in [6.45, 7) is 1.69. The van der Waals surface area contributed by atoms with Crippen LogP contribution in [0.15, 0.2) is 0 Å². The maximum absolute atomic E-state index is 11.2. The fourth-order valence-electron chi connectivity index (χ4n) is 3.26. The van der Waals surface area contributed by atoms with E-state index in [0.29, 0.717) is 5.92 Å². The van der Waals surface area contributed by atoms with Gasteiger partial charge in [0.25, 0.3) is 0 Å². The van der Waals surface area contributed by atoms with Crippen molar-refractivity contribution >= 4 is 11.9 Å². The first-order valence-corrected chi connectivity index (χ1v) is 5.79. The molecule has 0 aliphatic heterocycles. The maximum atomic E-state index is 11.2. The number of carbonyl (C=O) groups excluding carboxylic acids is 1. The molecule has 2 saturated carbocycles. The van der Waals surface area contributed by atoms with Crippen molar-refractivity contribution in [2.75, 3.05) is 0 Å². The second-order valence-electron chi connectivity index (χ2n) is 5.01. The molecule has 90 valence electrons. The van der Waals surface area contributed by atoms with Gasteiger partial charge >= 0.3 is 5.97 Å². The molecule has 5 atom stereocenters. The number of amides is 1. The maximum Gasteiger partial charge on any atom is 0.308 e. The van der Waals surface area contributed by atoms with Crippen molar-refractivity contribution < 1.29 is 14.7 Å². The van der Waals surface area contributed by atoms with Crippen LogP contribution in [-0.4, -0.2) is 29.1 Å². The SMILES string of the molecule is CC(NC1C2CCC(C2)C1C(=O)O)C(N)=O. The summed E-state index contributed by atoms with van der Waals surface area (Å²) < 4.78 is 0. The first kappa shape index (κ1) is 11.4. The van der Waals surface area contributed by atoms with E-state index in [0.717, 1.165) is 19.3 Å². The molecule has 5 heteroatoms. The summed E-state index contributed by atoms with van der Waals surface area (Å²) in [4.78, 5) is 22.2. The molecule has 5 unspecified atom stereocenters. The van der Waals surface area contributed by atoms with Crippen molar-refractivity contribution in [3.8, 4) is 0 Å². The van der Waals surface area contributed by atoms with Crippen LogP contribution in [0.25, 0.3) is 0 Å². The summed E-state index contributed by atoms with van der Waals surface area (Å²) in [5.74, 6) is -0.846. The highest BCUT2D eigenvalue weighted by molar-refractivity contribution is 5.79. The summed E-state index contributed by atoms with van der Waals surface area (Å²) in [6, 6.07) is -0.537. The summed E-state index contributed by atoms with van der Waals surface area (Å²) in [7, 11) is 0. The molecule has 2 aliphatic carbocycles. The van der Waals surface area contributed by atoms with E-state index in [4.69, 9.17) is 5.73 Å². The van der Waals surface area contributed by atoms with E-state index in [1.54, 1.807) is 6.92 Å². The molecule has 2 bridgehead atoms. The Morgan fingerprint density at radius 3 is 2.56 bits per heavy atom. The van der Waals surface area contributed by atoms with Crippen LogP contribution in [0.5, 0.6) is 0 Å². The van der Waals surface area contributed by atoms with Crippen LogP contribution < -0.4 is 11.1 Å². The molecule has 0 radical (unpaired) electrons. The second kappa shape index (κ2) is 4.05. The van der Waals surface area contributed by atoms with Gasteiger partial charge in [-0.05, 0) is 38.0 Å². The number of primary amides is 1. The van der Waals surface area contributed by atoms with E-state index in [-0.39, 0.29) is 17.9 Å². The summed E-state index contributed by atoms with van der Waals surface area (Å²) in [5, 5.41) is 12.3. The number of carboxylic acid groups (broad SMARTS) is 1. The minimum atomic E-state index is -0.749. The molecule has 0 aromatic heterocycles. The predicted molar refractivity (Wildman–Crippen MR) is 57.5 cm³/mol. The molecule has 4 N–H and O–H groups in total. The largest absolute Gasteiger partial charge is 0.481 e. The molecule has 0 aromatic carbocycles.